The minimum atomic E-state index is -0.562. The van der Waals surface area contributed by atoms with Crippen LogP contribution in [0.3, 0.4) is 0 Å². The fourth-order valence-corrected chi connectivity index (χ4v) is 2.57. The van der Waals surface area contributed by atoms with Crippen LogP contribution >= 0.6 is 23.1 Å². The summed E-state index contributed by atoms with van der Waals surface area (Å²) in [4.78, 5) is 12.8. The molecule has 2 aromatic rings. The molecule has 0 aliphatic rings. The van der Waals surface area contributed by atoms with E-state index in [9.17, 15) is 4.79 Å². The van der Waals surface area contributed by atoms with Gasteiger partial charge in [0.2, 0.25) is 5.13 Å². The highest BCUT2D eigenvalue weighted by atomic mass is 32.2. The van der Waals surface area contributed by atoms with Gasteiger partial charge in [0.1, 0.15) is 12.2 Å². The number of nitrogens with zero attached hydrogens (tertiary/aromatic N) is 2. The predicted molar refractivity (Wildman–Crippen MR) is 92.3 cm³/mol. The van der Waals surface area contributed by atoms with Gasteiger partial charge in [0.25, 0.3) is 5.19 Å². The van der Waals surface area contributed by atoms with Crippen LogP contribution in [0.15, 0.2) is 29.2 Å². The fraction of sp³-hybridized carbons (Fsp3) is 0.400. The molecule has 0 fully saturated rings. The Hall–Kier alpha value is -1.80. The Kier molecular flexibility index (Phi) is 5.84. The standard InChI is InChI=1S/C15H19N3O3S2/c1-15(2,3)21-13(19)16-12-17-18-14(23-12)20-9-10-5-7-11(22-4)8-6-10/h5-8H,9H2,1-4H3,(H,16,17,19). The number of benzene rings is 1. The average molecular weight is 353 g/mol. The molecule has 124 valence electrons. The third-order valence-corrected chi connectivity index (χ3v) is 4.03. The quantitative estimate of drug-likeness (QED) is 0.813. The Morgan fingerprint density at radius 3 is 2.57 bits per heavy atom. The second-order valence-electron chi connectivity index (χ2n) is 5.64. The van der Waals surface area contributed by atoms with E-state index in [0.717, 1.165) is 16.9 Å². The first-order valence-electron chi connectivity index (χ1n) is 6.95. The van der Waals surface area contributed by atoms with Crippen LogP contribution < -0.4 is 10.1 Å². The normalized spacial score (nSPS) is 11.1. The summed E-state index contributed by atoms with van der Waals surface area (Å²) in [6.45, 7) is 5.78. The SMILES string of the molecule is CSc1ccc(COc2nnc(NC(=O)OC(C)(C)C)s2)cc1. The van der Waals surface area contributed by atoms with Crippen LogP contribution in [0, 0.1) is 0 Å². The van der Waals surface area contributed by atoms with E-state index in [-0.39, 0.29) is 0 Å². The summed E-state index contributed by atoms with van der Waals surface area (Å²) in [5.74, 6) is 0. The summed E-state index contributed by atoms with van der Waals surface area (Å²) in [5.41, 5.74) is 0.483. The summed E-state index contributed by atoms with van der Waals surface area (Å²) >= 11 is 2.85. The van der Waals surface area contributed by atoms with Gasteiger partial charge in [-0.2, -0.15) is 0 Å². The molecular weight excluding hydrogens is 334 g/mol. The van der Waals surface area contributed by atoms with Gasteiger partial charge in [0.15, 0.2) is 0 Å². The van der Waals surface area contributed by atoms with Gasteiger partial charge < -0.3 is 9.47 Å². The molecule has 8 heteroatoms. The number of carbonyl (C=O) groups excluding carboxylic acids is 1. The molecule has 0 aliphatic heterocycles. The number of nitrogens with one attached hydrogen (secondary N) is 1. The lowest BCUT2D eigenvalue weighted by atomic mass is 10.2. The molecule has 6 nitrogen and oxygen atoms in total. The number of carbonyl (C=O) groups is 1. The number of amides is 1. The maximum Gasteiger partial charge on any atom is 0.414 e. The molecule has 0 saturated carbocycles. The number of ether oxygens (including phenoxy) is 2. The molecule has 0 unspecified atom stereocenters. The van der Waals surface area contributed by atoms with Crippen molar-refractivity contribution in [3.8, 4) is 5.19 Å². The van der Waals surface area contributed by atoms with E-state index in [2.05, 4.69) is 15.5 Å². The zero-order valence-electron chi connectivity index (χ0n) is 13.5. The predicted octanol–water partition coefficient (Wildman–Crippen LogP) is 4.19. The second kappa shape index (κ2) is 7.65. The molecule has 0 atom stereocenters. The van der Waals surface area contributed by atoms with Crippen molar-refractivity contribution in [3.63, 3.8) is 0 Å². The minimum Gasteiger partial charge on any atom is -0.464 e. The van der Waals surface area contributed by atoms with Crippen LogP contribution in [-0.2, 0) is 11.3 Å². The number of hydrogen-bond acceptors (Lipinski definition) is 7. The molecule has 0 bridgehead atoms. The number of anilines is 1. The largest absolute Gasteiger partial charge is 0.464 e. The van der Waals surface area contributed by atoms with Gasteiger partial charge >= 0.3 is 6.09 Å². The lowest BCUT2D eigenvalue weighted by Gasteiger charge is -2.18. The highest BCUT2D eigenvalue weighted by Crippen LogP contribution is 2.24. The molecular formula is C15H19N3O3S2. The maximum atomic E-state index is 11.6. The van der Waals surface area contributed by atoms with Gasteiger partial charge in [0.05, 0.1) is 0 Å². The Morgan fingerprint density at radius 2 is 1.96 bits per heavy atom. The molecule has 1 heterocycles. The van der Waals surface area contributed by atoms with Gasteiger partial charge in [-0.05, 0) is 56.1 Å². The van der Waals surface area contributed by atoms with Gasteiger partial charge in [0, 0.05) is 4.90 Å². The van der Waals surface area contributed by atoms with Gasteiger partial charge in [-0.1, -0.05) is 17.2 Å². The molecule has 1 aromatic carbocycles. The van der Waals surface area contributed by atoms with Crippen molar-refractivity contribution >= 4 is 34.3 Å². The number of hydrogen-bond donors (Lipinski definition) is 1. The number of aromatic nitrogens is 2. The highest BCUT2D eigenvalue weighted by Gasteiger charge is 2.17. The summed E-state index contributed by atoms with van der Waals surface area (Å²) in [6, 6.07) is 8.09. The topological polar surface area (TPSA) is 73.3 Å². The van der Waals surface area contributed by atoms with Crippen molar-refractivity contribution in [3.05, 3.63) is 29.8 Å². The average Bonchev–Trinajstić information content (AvgIpc) is 2.91. The highest BCUT2D eigenvalue weighted by molar-refractivity contribution is 7.98. The molecule has 0 spiro atoms. The third kappa shape index (κ3) is 6.07. The van der Waals surface area contributed by atoms with E-state index in [1.165, 1.54) is 4.90 Å². The minimum absolute atomic E-state index is 0.340. The molecule has 0 radical (unpaired) electrons. The van der Waals surface area contributed by atoms with Crippen LogP contribution in [0.4, 0.5) is 9.93 Å². The lowest BCUT2D eigenvalue weighted by molar-refractivity contribution is 0.0636. The fourth-order valence-electron chi connectivity index (χ4n) is 1.58. The van der Waals surface area contributed by atoms with Gasteiger partial charge in [-0.15, -0.1) is 16.9 Å². The molecule has 0 saturated heterocycles. The monoisotopic (exact) mass is 353 g/mol. The van der Waals surface area contributed by atoms with Crippen molar-refractivity contribution in [2.75, 3.05) is 11.6 Å². The van der Waals surface area contributed by atoms with E-state index in [1.54, 1.807) is 32.5 Å². The van der Waals surface area contributed by atoms with Gasteiger partial charge in [-0.3, -0.25) is 5.32 Å². The van der Waals surface area contributed by atoms with Gasteiger partial charge in [-0.25, -0.2) is 4.79 Å². The third-order valence-electron chi connectivity index (χ3n) is 2.54. The molecule has 1 amide bonds. The zero-order chi connectivity index (χ0) is 16.9. The maximum absolute atomic E-state index is 11.6. The van der Waals surface area contributed by atoms with Crippen LogP contribution in [0.2, 0.25) is 0 Å². The molecule has 1 aromatic heterocycles. The summed E-state index contributed by atoms with van der Waals surface area (Å²) in [6.07, 6.45) is 1.47. The molecule has 2 rings (SSSR count). The Balaban J connectivity index is 1.85. The number of thioether (sulfide) groups is 1. The van der Waals surface area contributed by atoms with Crippen molar-refractivity contribution in [1.29, 1.82) is 0 Å². The van der Waals surface area contributed by atoms with Crippen LogP contribution in [0.1, 0.15) is 26.3 Å². The summed E-state index contributed by atoms with van der Waals surface area (Å²) in [7, 11) is 0. The van der Waals surface area contributed by atoms with Crippen molar-refractivity contribution in [2.24, 2.45) is 0 Å². The Bertz CT molecular complexity index is 651. The molecule has 1 N–H and O–H groups in total. The first-order valence-corrected chi connectivity index (χ1v) is 8.99. The van der Waals surface area contributed by atoms with E-state index < -0.39 is 11.7 Å². The van der Waals surface area contributed by atoms with E-state index in [4.69, 9.17) is 9.47 Å². The molecule has 23 heavy (non-hydrogen) atoms. The van der Waals surface area contributed by atoms with E-state index in [0.29, 0.717) is 16.9 Å². The van der Waals surface area contributed by atoms with Crippen LogP contribution in [0.5, 0.6) is 5.19 Å². The first kappa shape index (κ1) is 17.6. The van der Waals surface area contributed by atoms with Crippen molar-refractivity contribution in [2.45, 2.75) is 37.9 Å². The van der Waals surface area contributed by atoms with Crippen LogP contribution in [0.25, 0.3) is 0 Å². The van der Waals surface area contributed by atoms with Crippen molar-refractivity contribution < 1.29 is 14.3 Å². The molecule has 0 aliphatic carbocycles. The Morgan fingerprint density at radius 1 is 1.26 bits per heavy atom. The first-order chi connectivity index (χ1) is 10.9. The van der Waals surface area contributed by atoms with Crippen molar-refractivity contribution in [1.82, 2.24) is 10.2 Å². The van der Waals surface area contributed by atoms with E-state index >= 15 is 0 Å². The zero-order valence-corrected chi connectivity index (χ0v) is 15.1. The second-order valence-corrected chi connectivity index (χ2v) is 7.46. The summed E-state index contributed by atoms with van der Waals surface area (Å²) < 4.78 is 10.7. The summed E-state index contributed by atoms with van der Waals surface area (Å²) in [5, 5.41) is 11.0. The lowest BCUT2D eigenvalue weighted by Crippen LogP contribution is -2.27. The van der Waals surface area contributed by atoms with E-state index in [1.807, 2.05) is 30.5 Å². The van der Waals surface area contributed by atoms with Crippen LogP contribution in [-0.4, -0.2) is 28.1 Å². The number of rotatable bonds is 5. The Labute approximate surface area is 143 Å². The smallest absolute Gasteiger partial charge is 0.414 e.